The standard InChI is InChI=1S/C23H23BrN2O3S/c1-17(19-10-6-3-7-11-19)25-23(27)22(16-18-8-4-2-5-9-18)26-30(28,29)21-14-12-20(24)13-15-21/h2-15,17,22,26H,16H2,1H3,(H,25,27)/t17-,22+/m0/s1. The zero-order valence-corrected chi connectivity index (χ0v) is 18.9. The van der Waals surface area contributed by atoms with Gasteiger partial charge in [-0.2, -0.15) is 4.72 Å². The van der Waals surface area contributed by atoms with E-state index < -0.39 is 16.1 Å². The van der Waals surface area contributed by atoms with Crippen LogP contribution in [0.15, 0.2) is 94.3 Å². The Balaban J connectivity index is 1.82. The van der Waals surface area contributed by atoms with Crippen LogP contribution in [-0.2, 0) is 21.2 Å². The fraction of sp³-hybridized carbons (Fsp3) is 0.174. The highest BCUT2D eigenvalue weighted by Crippen LogP contribution is 2.17. The van der Waals surface area contributed by atoms with Crippen LogP contribution < -0.4 is 10.0 Å². The lowest BCUT2D eigenvalue weighted by Crippen LogP contribution is -2.48. The van der Waals surface area contributed by atoms with Gasteiger partial charge in [0.1, 0.15) is 6.04 Å². The molecule has 5 nitrogen and oxygen atoms in total. The van der Waals surface area contributed by atoms with Gasteiger partial charge >= 0.3 is 0 Å². The molecule has 0 aromatic heterocycles. The van der Waals surface area contributed by atoms with Gasteiger partial charge in [0.05, 0.1) is 10.9 Å². The smallest absolute Gasteiger partial charge is 0.241 e. The van der Waals surface area contributed by atoms with Crippen molar-refractivity contribution in [3.63, 3.8) is 0 Å². The molecule has 7 heteroatoms. The molecular formula is C23H23BrN2O3S. The number of sulfonamides is 1. The molecular weight excluding hydrogens is 464 g/mol. The summed E-state index contributed by atoms with van der Waals surface area (Å²) in [5.74, 6) is -0.379. The number of hydrogen-bond donors (Lipinski definition) is 2. The summed E-state index contributed by atoms with van der Waals surface area (Å²) in [5, 5.41) is 2.93. The molecule has 0 aliphatic heterocycles. The number of benzene rings is 3. The second-order valence-electron chi connectivity index (χ2n) is 6.96. The van der Waals surface area contributed by atoms with Crippen LogP contribution in [-0.4, -0.2) is 20.4 Å². The van der Waals surface area contributed by atoms with E-state index in [4.69, 9.17) is 0 Å². The van der Waals surface area contributed by atoms with Crippen LogP contribution in [0.2, 0.25) is 0 Å². The molecule has 0 heterocycles. The Labute approximate surface area is 185 Å². The van der Waals surface area contributed by atoms with Gasteiger partial charge in [-0.3, -0.25) is 4.79 Å². The molecule has 0 spiro atoms. The highest BCUT2D eigenvalue weighted by Gasteiger charge is 2.27. The number of carbonyl (C=O) groups excluding carboxylic acids is 1. The van der Waals surface area contributed by atoms with Gasteiger partial charge in [-0.15, -0.1) is 0 Å². The van der Waals surface area contributed by atoms with Gasteiger partial charge in [0.15, 0.2) is 0 Å². The van der Waals surface area contributed by atoms with Crippen molar-refractivity contribution in [1.29, 1.82) is 0 Å². The molecule has 2 N–H and O–H groups in total. The van der Waals surface area contributed by atoms with Gasteiger partial charge in [-0.1, -0.05) is 76.6 Å². The third-order valence-electron chi connectivity index (χ3n) is 4.68. The molecule has 3 aromatic rings. The van der Waals surface area contributed by atoms with E-state index in [-0.39, 0.29) is 23.3 Å². The van der Waals surface area contributed by atoms with Gasteiger partial charge < -0.3 is 5.32 Å². The zero-order valence-electron chi connectivity index (χ0n) is 16.5. The van der Waals surface area contributed by atoms with E-state index in [0.29, 0.717) is 0 Å². The third-order valence-corrected chi connectivity index (χ3v) is 6.70. The second-order valence-corrected chi connectivity index (χ2v) is 9.59. The van der Waals surface area contributed by atoms with Crippen molar-refractivity contribution in [2.45, 2.75) is 30.3 Å². The van der Waals surface area contributed by atoms with Crippen LogP contribution in [0.3, 0.4) is 0 Å². The lowest BCUT2D eigenvalue weighted by molar-refractivity contribution is -0.123. The first-order valence-corrected chi connectivity index (χ1v) is 11.8. The summed E-state index contributed by atoms with van der Waals surface area (Å²) in [4.78, 5) is 13.2. The Bertz CT molecular complexity index is 1070. The molecule has 1 amide bonds. The van der Waals surface area contributed by atoms with Gasteiger partial charge in [-0.05, 0) is 48.7 Å². The van der Waals surface area contributed by atoms with Crippen LogP contribution in [0, 0.1) is 0 Å². The molecule has 0 saturated carbocycles. The summed E-state index contributed by atoms with van der Waals surface area (Å²) in [6, 6.07) is 24.0. The van der Waals surface area contributed by atoms with Crippen LogP contribution in [0.1, 0.15) is 24.1 Å². The van der Waals surface area contributed by atoms with Crippen LogP contribution in [0.4, 0.5) is 0 Å². The molecule has 0 fully saturated rings. The van der Waals surface area contributed by atoms with E-state index in [2.05, 4.69) is 26.0 Å². The van der Waals surface area contributed by atoms with Crippen molar-refractivity contribution in [3.05, 3.63) is 101 Å². The number of amides is 1. The fourth-order valence-electron chi connectivity index (χ4n) is 3.05. The lowest BCUT2D eigenvalue weighted by atomic mass is 10.0. The van der Waals surface area contributed by atoms with Gasteiger partial charge in [-0.25, -0.2) is 8.42 Å². The number of hydrogen-bond acceptors (Lipinski definition) is 3. The fourth-order valence-corrected chi connectivity index (χ4v) is 4.51. The molecule has 0 saturated heterocycles. The van der Waals surface area contributed by atoms with Crippen molar-refractivity contribution in [2.24, 2.45) is 0 Å². The topological polar surface area (TPSA) is 75.3 Å². The molecule has 0 radical (unpaired) electrons. The Kier molecular flexibility index (Phi) is 7.42. The maximum Gasteiger partial charge on any atom is 0.241 e. The van der Waals surface area contributed by atoms with Crippen molar-refractivity contribution in [3.8, 4) is 0 Å². The minimum absolute atomic E-state index is 0.104. The van der Waals surface area contributed by atoms with Crippen molar-refractivity contribution >= 4 is 31.9 Å². The van der Waals surface area contributed by atoms with Crippen molar-refractivity contribution in [1.82, 2.24) is 10.0 Å². The maximum atomic E-state index is 13.0. The quantitative estimate of drug-likeness (QED) is 0.500. The predicted octanol–water partition coefficient (Wildman–Crippen LogP) is 4.22. The number of rotatable bonds is 8. The van der Waals surface area contributed by atoms with E-state index in [9.17, 15) is 13.2 Å². The molecule has 3 aromatic carbocycles. The lowest BCUT2D eigenvalue weighted by Gasteiger charge is -2.22. The maximum absolute atomic E-state index is 13.0. The Morgan fingerprint density at radius 1 is 0.900 bits per heavy atom. The predicted molar refractivity (Wildman–Crippen MR) is 121 cm³/mol. The van der Waals surface area contributed by atoms with Gasteiger partial charge in [0.25, 0.3) is 0 Å². The molecule has 3 rings (SSSR count). The molecule has 0 aliphatic carbocycles. The minimum Gasteiger partial charge on any atom is -0.348 e. The van der Waals surface area contributed by atoms with Crippen molar-refractivity contribution in [2.75, 3.05) is 0 Å². The van der Waals surface area contributed by atoms with Gasteiger partial charge in [0.2, 0.25) is 15.9 Å². The largest absolute Gasteiger partial charge is 0.348 e. The first-order valence-electron chi connectivity index (χ1n) is 9.52. The summed E-state index contributed by atoms with van der Waals surface area (Å²) in [6.07, 6.45) is 0.240. The zero-order chi connectivity index (χ0) is 21.6. The molecule has 0 aliphatic rings. The molecule has 156 valence electrons. The Morgan fingerprint density at radius 3 is 2.07 bits per heavy atom. The summed E-state index contributed by atoms with van der Waals surface area (Å²) < 4.78 is 29.1. The van der Waals surface area contributed by atoms with E-state index in [1.807, 2.05) is 67.6 Å². The van der Waals surface area contributed by atoms with Crippen LogP contribution >= 0.6 is 15.9 Å². The summed E-state index contributed by atoms with van der Waals surface area (Å²) in [6.45, 7) is 1.87. The number of nitrogens with one attached hydrogen (secondary N) is 2. The minimum atomic E-state index is -3.87. The monoisotopic (exact) mass is 486 g/mol. The first-order chi connectivity index (χ1) is 14.3. The molecule has 0 unspecified atom stereocenters. The Morgan fingerprint density at radius 2 is 1.47 bits per heavy atom. The van der Waals surface area contributed by atoms with Crippen LogP contribution in [0.25, 0.3) is 0 Å². The summed E-state index contributed by atoms with van der Waals surface area (Å²) >= 11 is 3.30. The average Bonchev–Trinajstić information content (AvgIpc) is 2.74. The normalized spacial score (nSPS) is 13.4. The number of carbonyl (C=O) groups is 1. The van der Waals surface area contributed by atoms with Crippen LogP contribution in [0.5, 0.6) is 0 Å². The number of halogens is 1. The second kappa shape index (κ2) is 10.0. The van der Waals surface area contributed by atoms with E-state index in [1.165, 1.54) is 12.1 Å². The average molecular weight is 487 g/mol. The van der Waals surface area contributed by atoms with E-state index >= 15 is 0 Å². The van der Waals surface area contributed by atoms with Crippen molar-refractivity contribution < 1.29 is 13.2 Å². The summed E-state index contributed by atoms with van der Waals surface area (Å²) in [5.41, 5.74) is 1.81. The third kappa shape index (κ3) is 6.01. The Hall–Kier alpha value is -2.48. The SMILES string of the molecule is C[C@H](NC(=O)[C@@H](Cc1ccccc1)NS(=O)(=O)c1ccc(Br)cc1)c1ccccc1. The van der Waals surface area contributed by atoms with E-state index in [0.717, 1.165) is 15.6 Å². The molecule has 30 heavy (non-hydrogen) atoms. The molecule has 0 bridgehead atoms. The summed E-state index contributed by atoms with van der Waals surface area (Å²) in [7, 11) is -3.87. The first kappa shape index (κ1) is 22.2. The highest BCUT2D eigenvalue weighted by atomic mass is 79.9. The van der Waals surface area contributed by atoms with E-state index in [1.54, 1.807) is 12.1 Å². The highest BCUT2D eigenvalue weighted by molar-refractivity contribution is 9.10. The van der Waals surface area contributed by atoms with Gasteiger partial charge in [0, 0.05) is 4.47 Å². The molecule has 2 atom stereocenters.